The molecular weight excluding hydrogens is 220 g/mol. The van der Waals surface area contributed by atoms with Crippen molar-refractivity contribution in [3.63, 3.8) is 0 Å². The number of carbonyl (C=O) groups excluding carboxylic acids is 1. The first-order valence-corrected chi connectivity index (χ1v) is 6.44. The zero-order valence-corrected chi connectivity index (χ0v) is 10.4. The normalized spacial score (nSPS) is 25.9. The Bertz CT molecular complexity index is 315. The van der Waals surface area contributed by atoms with Crippen LogP contribution >= 0.6 is 12.6 Å². The van der Waals surface area contributed by atoms with Gasteiger partial charge in [0.25, 0.3) is 0 Å². The molecule has 88 valence electrons. The first-order chi connectivity index (χ1) is 7.77. The lowest BCUT2D eigenvalue weighted by molar-refractivity contribution is -0.126. The molecule has 1 amide bonds. The van der Waals surface area contributed by atoms with E-state index in [1.165, 1.54) is 25.9 Å². The lowest BCUT2D eigenvalue weighted by atomic mass is 10.4. The van der Waals surface area contributed by atoms with E-state index in [4.69, 9.17) is 0 Å². The van der Waals surface area contributed by atoms with Crippen LogP contribution in [0, 0.1) is 11.8 Å². The fourth-order valence-electron chi connectivity index (χ4n) is 2.14. The summed E-state index contributed by atoms with van der Waals surface area (Å²) in [5.74, 6) is 6.37. The Morgan fingerprint density at radius 3 is 2.50 bits per heavy atom. The largest absolute Gasteiger partial charge is 0.331 e. The number of likely N-dealkylation sites (tertiary alicyclic amines) is 2. The summed E-state index contributed by atoms with van der Waals surface area (Å²) in [5, 5.41) is -0.0969. The highest BCUT2D eigenvalue weighted by molar-refractivity contribution is 7.81. The molecule has 0 N–H and O–H groups in total. The summed E-state index contributed by atoms with van der Waals surface area (Å²) >= 11 is 4.22. The Balaban J connectivity index is 1.70. The van der Waals surface area contributed by atoms with Crippen molar-refractivity contribution in [2.75, 3.05) is 32.7 Å². The van der Waals surface area contributed by atoms with Gasteiger partial charge in [-0.3, -0.25) is 9.69 Å². The highest BCUT2D eigenvalue weighted by atomic mass is 32.1. The smallest absolute Gasteiger partial charge is 0.236 e. The van der Waals surface area contributed by atoms with E-state index in [2.05, 4.69) is 29.4 Å². The van der Waals surface area contributed by atoms with E-state index < -0.39 is 0 Å². The van der Waals surface area contributed by atoms with Gasteiger partial charge in [0, 0.05) is 6.54 Å². The zero-order chi connectivity index (χ0) is 11.4. The number of carbonyl (C=O) groups is 1. The summed E-state index contributed by atoms with van der Waals surface area (Å²) < 4.78 is 0. The molecule has 2 rings (SSSR count). The topological polar surface area (TPSA) is 23.6 Å². The Kier molecular flexibility index (Phi) is 4.14. The van der Waals surface area contributed by atoms with Crippen LogP contribution in [0.1, 0.15) is 19.3 Å². The highest BCUT2D eigenvalue weighted by Crippen LogP contribution is 2.15. The minimum Gasteiger partial charge on any atom is -0.331 e. The van der Waals surface area contributed by atoms with Gasteiger partial charge in [0.2, 0.25) is 5.91 Å². The monoisotopic (exact) mass is 238 g/mol. The molecule has 0 aliphatic carbocycles. The maximum absolute atomic E-state index is 11.5. The van der Waals surface area contributed by atoms with Crippen LogP contribution < -0.4 is 0 Å². The third-order valence-corrected chi connectivity index (χ3v) is 3.64. The van der Waals surface area contributed by atoms with Gasteiger partial charge in [-0.2, -0.15) is 12.6 Å². The van der Waals surface area contributed by atoms with E-state index in [0.717, 1.165) is 19.5 Å². The summed E-state index contributed by atoms with van der Waals surface area (Å²) in [6.45, 7) is 4.59. The van der Waals surface area contributed by atoms with Gasteiger partial charge in [-0.15, -0.1) is 0 Å². The lowest BCUT2D eigenvalue weighted by Crippen LogP contribution is -2.28. The minimum atomic E-state index is -0.0969. The van der Waals surface area contributed by atoms with E-state index in [1.54, 1.807) is 4.90 Å². The van der Waals surface area contributed by atoms with Gasteiger partial charge in [0.05, 0.1) is 18.3 Å². The van der Waals surface area contributed by atoms with Crippen molar-refractivity contribution >= 4 is 18.5 Å². The van der Waals surface area contributed by atoms with Crippen molar-refractivity contribution in [3.8, 4) is 11.8 Å². The van der Waals surface area contributed by atoms with Crippen molar-refractivity contribution in [3.05, 3.63) is 0 Å². The Morgan fingerprint density at radius 1 is 1.19 bits per heavy atom. The first-order valence-electron chi connectivity index (χ1n) is 5.92. The van der Waals surface area contributed by atoms with Crippen LogP contribution in [0.4, 0.5) is 0 Å². The van der Waals surface area contributed by atoms with Gasteiger partial charge in [0.15, 0.2) is 0 Å². The predicted octanol–water partition coefficient (Wildman–Crippen LogP) is 0.616. The van der Waals surface area contributed by atoms with E-state index in [1.807, 2.05) is 0 Å². The van der Waals surface area contributed by atoms with E-state index in [0.29, 0.717) is 6.54 Å². The van der Waals surface area contributed by atoms with Gasteiger partial charge in [-0.1, -0.05) is 11.8 Å². The maximum Gasteiger partial charge on any atom is 0.236 e. The Hall–Kier alpha value is -0.660. The van der Waals surface area contributed by atoms with Crippen LogP contribution in [0.15, 0.2) is 0 Å². The van der Waals surface area contributed by atoms with Crippen LogP contribution in [0.3, 0.4) is 0 Å². The molecule has 2 fully saturated rings. The van der Waals surface area contributed by atoms with E-state index in [9.17, 15) is 4.79 Å². The average molecular weight is 238 g/mol. The Morgan fingerprint density at radius 2 is 1.88 bits per heavy atom. The molecule has 2 saturated heterocycles. The standard InChI is InChI=1S/C12H18N2OS/c15-12-11(16)5-10-14(12)9-4-3-8-13-6-1-2-7-13/h11,16H,1-2,5-10H2. The van der Waals surface area contributed by atoms with Crippen molar-refractivity contribution in [2.24, 2.45) is 0 Å². The molecule has 2 aliphatic rings. The second-order valence-electron chi connectivity index (χ2n) is 4.40. The fourth-order valence-corrected chi connectivity index (χ4v) is 2.42. The van der Waals surface area contributed by atoms with Crippen molar-refractivity contribution in [1.29, 1.82) is 0 Å². The van der Waals surface area contributed by atoms with Crippen molar-refractivity contribution in [1.82, 2.24) is 9.80 Å². The van der Waals surface area contributed by atoms with Gasteiger partial charge in [-0.05, 0) is 32.4 Å². The first kappa shape index (κ1) is 11.8. The number of hydrogen-bond donors (Lipinski definition) is 1. The molecule has 0 aromatic heterocycles. The fraction of sp³-hybridized carbons (Fsp3) is 0.750. The summed E-state index contributed by atoms with van der Waals surface area (Å²) in [7, 11) is 0. The number of hydrogen-bond acceptors (Lipinski definition) is 3. The summed E-state index contributed by atoms with van der Waals surface area (Å²) in [5.41, 5.74) is 0. The molecule has 2 heterocycles. The van der Waals surface area contributed by atoms with Crippen molar-refractivity contribution in [2.45, 2.75) is 24.5 Å². The minimum absolute atomic E-state index is 0.0969. The molecule has 0 aromatic rings. The molecule has 1 unspecified atom stereocenters. The van der Waals surface area contributed by atoms with Crippen LogP contribution in [0.5, 0.6) is 0 Å². The number of thiol groups is 1. The molecule has 0 saturated carbocycles. The molecule has 2 aliphatic heterocycles. The van der Waals surface area contributed by atoms with Gasteiger partial charge in [0.1, 0.15) is 0 Å². The van der Waals surface area contributed by atoms with Crippen LogP contribution in [0.2, 0.25) is 0 Å². The zero-order valence-electron chi connectivity index (χ0n) is 9.48. The van der Waals surface area contributed by atoms with Gasteiger partial charge < -0.3 is 4.90 Å². The molecule has 0 radical (unpaired) electrons. The molecule has 0 spiro atoms. The molecule has 16 heavy (non-hydrogen) atoms. The molecule has 4 heteroatoms. The molecule has 0 bridgehead atoms. The molecular formula is C12H18N2OS. The third kappa shape index (κ3) is 2.93. The second-order valence-corrected chi connectivity index (χ2v) is 5.02. The van der Waals surface area contributed by atoms with Crippen molar-refractivity contribution < 1.29 is 4.79 Å². The van der Waals surface area contributed by atoms with Gasteiger partial charge >= 0.3 is 0 Å². The highest BCUT2D eigenvalue weighted by Gasteiger charge is 2.27. The van der Waals surface area contributed by atoms with E-state index >= 15 is 0 Å². The SMILES string of the molecule is O=C1C(S)CCN1CC#CCN1CCCC1. The summed E-state index contributed by atoms with van der Waals surface area (Å²) in [4.78, 5) is 15.7. The molecule has 3 nitrogen and oxygen atoms in total. The second kappa shape index (κ2) is 5.60. The number of nitrogens with zero attached hydrogens (tertiary/aromatic N) is 2. The third-order valence-electron chi connectivity index (χ3n) is 3.17. The lowest BCUT2D eigenvalue weighted by Gasteiger charge is -2.12. The maximum atomic E-state index is 11.5. The van der Waals surface area contributed by atoms with Crippen LogP contribution in [-0.4, -0.2) is 53.7 Å². The number of amides is 1. The quantitative estimate of drug-likeness (QED) is 0.563. The average Bonchev–Trinajstić information content (AvgIpc) is 2.88. The molecule has 1 atom stereocenters. The van der Waals surface area contributed by atoms with Gasteiger partial charge in [-0.25, -0.2) is 0 Å². The predicted molar refractivity (Wildman–Crippen MR) is 67.4 cm³/mol. The summed E-state index contributed by atoms with van der Waals surface area (Å²) in [6.07, 6.45) is 3.46. The van der Waals surface area contributed by atoms with Crippen LogP contribution in [0.25, 0.3) is 0 Å². The van der Waals surface area contributed by atoms with Crippen LogP contribution in [-0.2, 0) is 4.79 Å². The summed E-state index contributed by atoms with van der Waals surface area (Å²) in [6, 6.07) is 0. The van der Waals surface area contributed by atoms with E-state index in [-0.39, 0.29) is 11.2 Å². The number of rotatable bonds is 2. The molecule has 0 aromatic carbocycles. The Labute approximate surface area is 103 Å².